The van der Waals surface area contributed by atoms with E-state index in [1.54, 1.807) is 19.2 Å². The number of hydrogen-bond donors (Lipinski definition) is 1. The van der Waals surface area contributed by atoms with Crippen LogP contribution in [0.2, 0.25) is 5.02 Å². The van der Waals surface area contributed by atoms with Gasteiger partial charge < -0.3 is 10.5 Å². The van der Waals surface area contributed by atoms with Crippen LogP contribution in [0.5, 0.6) is 5.75 Å². The van der Waals surface area contributed by atoms with Gasteiger partial charge in [-0.2, -0.15) is 0 Å². The first-order valence-electron chi connectivity index (χ1n) is 4.13. The predicted molar refractivity (Wildman–Crippen MR) is 61.3 cm³/mol. The van der Waals surface area contributed by atoms with Crippen molar-refractivity contribution in [1.82, 2.24) is 10.2 Å². The zero-order chi connectivity index (χ0) is 10.8. The number of rotatable bonds is 2. The van der Waals surface area contributed by atoms with Gasteiger partial charge in [0.15, 0.2) is 5.01 Å². The molecule has 0 amide bonds. The number of aromatic nitrogens is 2. The number of ether oxygens (including phenoxy) is 1. The van der Waals surface area contributed by atoms with Crippen molar-refractivity contribution in [2.75, 3.05) is 12.8 Å². The molecule has 0 aliphatic carbocycles. The molecule has 0 spiro atoms. The molecule has 2 aromatic rings. The lowest BCUT2D eigenvalue weighted by molar-refractivity contribution is 0.415. The molecule has 15 heavy (non-hydrogen) atoms. The van der Waals surface area contributed by atoms with Crippen LogP contribution in [0, 0.1) is 0 Å². The van der Waals surface area contributed by atoms with Gasteiger partial charge in [-0.3, -0.25) is 0 Å². The van der Waals surface area contributed by atoms with Crippen LogP contribution in [-0.4, -0.2) is 17.3 Å². The van der Waals surface area contributed by atoms with E-state index in [0.717, 1.165) is 11.3 Å². The molecule has 78 valence electrons. The van der Waals surface area contributed by atoms with Gasteiger partial charge in [-0.15, -0.1) is 10.2 Å². The average Bonchev–Trinajstić information content (AvgIpc) is 2.65. The van der Waals surface area contributed by atoms with Gasteiger partial charge in [-0.1, -0.05) is 22.9 Å². The number of methoxy groups -OCH3 is 1. The Hall–Kier alpha value is -1.33. The van der Waals surface area contributed by atoms with Crippen molar-refractivity contribution >= 4 is 28.1 Å². The largest absolute Gasteiger partial charge is 0.497 e. The summed E-state index contributed by atoms with van der Waals surface area (Å²) in [5, 5.41) is 9.38. The molecule has 4 nitrogen and oxygen atoms in total. The molecular weight excluding hydrogens is 234 g/mol. The van der Waals surface area contributed by atoms with E-state index in [1.165, 1.54) is 11.3 Å². The third-order valence-corrected chi connectivity index (χ3v) is 2.96. The van der Waals surface area contributed by atoms with Gasteiger partial charge in [0.1, 0.15) is 5.75 Å². The maximum atomic E-state index is 6.04. The minimum atomic E-state index is 0.420. The fraction of sp³-hybridized carbons (Fsp3) is 0.111. The Kier molecular flexibility index (Phi) is 2.75. The zero-order valence-corrected chi connectivity index (χ0v) is 9.47. The van der Waals surface area contributed by atoms with Crippen molar-refractivity contribution in [3.8, 4) is 16.3 Å². The summed E-state index contributed by atoms with van der Waals surface area (Å²) in [6, 6.07) is 5.35. The van der Waals surface area contributed by atoms with Gasteiger partial charge in [0.25, 0.3) is 0 Å². The Morgan fingerprint density at radius 2 is 2.20 bits per heavy atom. The Bertz CT molecular complexity index is 486. The molecule has 1 aromatic heterocycles. The maximum absolute atomic E-state index is 6.04. The first-order chi connectivity index (χ1) is 7.20. The average molecular weight is 242 g/mol. The summed E-state index contributed by atoms with van der Waals surface area (Å²) in [5.74, 6) is 0.725. The summed E-state index contributed by atoms with van der Waals surface area (Å²) >= 11 is 7.33. The number of hydrogen-bond acceptors (Lipinski definition) is 5. The van der Waals surface area contributed by atoms with E-state index in [0.29, 0.717) is 15.2 Å². The highest BCUT2D eigenvalue weighted by atomic mass is 35.5. The monoisotopic (exact) mass is 241 g/mol. The van der Waals surface area contributed by atoms with E-state index in [-0.39, 0.29) is 0 Å². The number of anilines is 1. The molecule has 1 aromatic carbocycles. The molecule has 0 bridgehead atoms. The fourth-order valence-electron chi connectivity index (χ4n) is 1.14. The minimum Gasteiger partial charge on any atom is -0.497 e. The second-order valence-electron chi connectivity index (χ2n) is 2.79. The molecule has 2 rings (SSSR count). The molecule has 0 atom stereocenters. The van der Waals surface area contributed by atoms with Gasteiger partial charge in [0.05, 0.1) is 12.1 Å². The molecule has 0 fully saturated rings. The summed E-state index contributed by atoms with van der Waals surface area (Å²) in [5.41, 5.74) is 6.29. The molecule has 0 saturated heterocycles. The lowest BCUT2D eigenvalue weighted by atomic mass is 10.2. The molecule has 0 saturated carbocycles. The van der Waals surface area contributed by atoms with Crippen molar-refractivity contribution < 1.29 is 4.74 Å². The number of halogens is 1. The van der Waals surface area contributed by atoms with E-state index in [1.807, 2.05) is 6.07 Å². The lowest BCUT2D eigenvalue weighted by Crippen LogP contribution is -1.85. The van der Waals surface area contributed by atoms with Crippen LogP contribution >= 0.6 is 22.9 Å². The molecular formula is C9H8ClN3OS. The normalized spacial score (nSPS) is 10.3. The summed E-state index contributed by atoms with van der Waals surface area (Å²) in [6.45, 7) is 0. The molecule has 1 heterocycles. The summed E-state index contributed by atoms with van der Waals surface area (Å²) in [4.78, 5) is 0. The molecule has 0 aliphatic heterocycles. The topological polar surface area (TPSA) is 61.0 Å². The number of nitrogen functional groups attached to an aromatic ring is 1. The smallest absolute Gasteiger partial charge is 0.203 e. The van der Waals surface area contributed by atoms with E-state index in [9.17, 15) is 0 Å². The maximum Gasteiger partial charge on any atom is 0.203 e. The number of nitrogens with zero attached hydrogens (tertiary/aromatic N) is 2. The molecule has 6 heteroatoms. The highest BCUT2D eigenvalue weighted by Crippen LogP contribution is 2.33. The van der Waals surface area contributed by atoms with Crippen LogP contribution in [0.4, 0.5) is 5.13 Å². The van der Waals surface area contributed by atoms with Crippen molar-refractivity contribution in [1.29, 1.82) is 0 Å². The second-order valence-corrected chi connectivity index (χ2v) is 4.21. The van der Waals surface area contributed by atoms with E-state index < -0.39 is 0 Å². The number of benzene rings is 1. The van der Waals surface area contributed by atoms with E-state index >= 15 is 0 Å². The van der Waals surface area contributed by atoms with Crippen LogP contribution < -0.4 is 10.5 Å². The Balaban J connectivity index is 2.51. The zero-order valence-electron chi connectivity index (χ0n) is 7.90. The van der Waals surface area contributed by atoms with Crippen LogP contribution in [0.15, 0.2) is 18.2 Å². The van der Waals surface area contributed by atoms with Crippen molar-refractivity contribution in [3.63, 3.8) is 0 Å². The fourth-order valence-corrected chi connectivity index (χ4v) is 2.04. The molecule has 0 radical (unpaired) electrons. The third-order valence-electron chi connectivity index (χ3n) is 1.84. The lowest BCUT2D eigenvalue weighted by Gasteiger charge is -2.03. The molecule has 0 unspecified atom stereocenters. The first kappa shape index (κ1) is 10.2. The second kappa shape index (κ2) is 4.04. The van der Waals surface area contributed by atoms with Crippen LogP contribution in [-0.2, 0) is 0 Å². The molecule has 0 aliphatic rings. The summed E-state index contributed by atoms with van der Waals surface area (Å²) in [7, 11) is 1.60. The van der Waals surface area contributed by atoms with Crippen molar-refractivity contribution in [2.24, 2.45) is 0 Å². The summed E-state index contributed by atoms with van der Waals surface area (Å²) in [6.07, 6.45) is 0. The SMILES string of the molecule is COc1ccc(Cl)c(-c2nnc(N)s2)c1. The Labute approximate surface area is 95.7 Å². The van der Waals surface area contributed by atoms with Gasteiger partial charge in [0.2, 0.25) is 5.13 Å². The third kappa shape index (κ3) is 2.03. The van der Waals surface area contributed by atoms with Crippen molar-refractivity contribution in [3.05, 3.63) is 23.2 Å². The van der Waals surface area contributed by atoms with Gasteiger partial charge >= 0.3 is 0 Å². The number of nitrogens with two attached hydrogens (primary N) is 1. The van der Waals surface area contributed by atoms with E-state index in [4.69, 9.17) is 22.1 Å². The quantitative estimate of drug-likeness (QED) is 0.877. The standard InChI is InChI=1S/C9H8ClN3OS/c1-14-5-2-3-7(10)6(4-5)8-12-13-9(11)15-8/h2-4H,1H3,(H2,11,13). The minimum absolute atomic E-state index is 0.420. The van der Waals surface area contributed by atoms with E-state index in [2.05, 4.69) is 10.2 Å². The van der Waals surface area contributed by atoms with Crippen LogP contribution in [0.3, 0.4) is 0 Å². The van der Waals surface area contributed by atoms with Gasteiger partial charge in [0, 0.05) is 5.56 Å². The van der Waals surface area contributed by atoms with Gasteiger partial charge in [-0.05, 0) is 18.2 Å². The first-order valence-corrected chi connectivity index (χ1v) is 5.33. The molecule has 2 N–H and O–H groups in total. The van der Waals surface area contributed by atoms with Gasteiger partial charge in [-0.25, -0.2) is 0 Å². The highest BCUT2D eigenvalue weighted by Gasteiger charge is 2.09. The van der Waals surface area contributed by atoms with Crippen LogP contribution in [0.1, 0.15) is 0 Å². The highest BCUT2D eigenvalue weighted by molar-refractivity contribution is 7.18. The van der Waals surface area contributed by atoms with Crippen molar-refractivity contribution in [2.45, 2.75) is 0 Å². The summed E-state index contributed by atoms with van der Waals surface area (Å²) < 4.78 is 5.10. The van der Waals surface area contributed by atoms with Crippen LogP contribution in [0.25, 0.3) is 10.6 Å². The Morgan fingerprint density at radius 1 is 1.40 bits per heavy atom. The predicted octanol–water partition coefficient (Wildman–Crippen LogP) is 2.45. The Morgan fingerprint density at radius 3 is 2.80 bits per heavy atom.